The summed E-state index contributed by atoms with van der Waals surface area (Å²) in [6.45, 7) is 2.11. The smallest absolute Gasteiger partial charge is 0.433 e. The third kappa shape index (κ3) is 7.21. The number of benzene rings is 1. The predicted molar refractivity (Wildman–Crippen MR) is 124 cm³/mol. The van der Waals surface area contributed by atoms with E-state index in [2.05, 4.69) is 20.0 Å². The highest BCUT2D eigenvalue weighted by Crippen LogP contribution is 2.32. The molecule has 1 N–H and O–H groups in total. The topological polar surface area (TPSA) is 84.4 Å². The molecular weight excluding hydrogens is 499 g/mol. The number of ether oxygens (including phenoxy) is 1. The quantitative estimate of drug-likeness (QED) is 0.420. The van der Waals surface area contributed by atoms with Crippen molar-refractivity contribution in [2.45, 2.75) is 45.1 Å². The van der Waals surface area contributed by atoms with Gasteiger partial charge < -0.3 is 10.1 Å². The van der Waals surface area contributed by atoms with E-state index in [4.69, 9.17) is 0 Å². The number of nitrogens with one attached hydrogen (secondary N) is 1. The van der Waals surface area contributed by atoms with Crippen molar-refractivity contribution in [3.8, 4) is 5.75 Å². The van der Waals surface area contributed by atoms with Crippen molar-refractivity contribution in [3.05, 3.63) is 83.9 Å². The molecule has 0 spiro atoms. The lowest BCUT2D eigenvalue weighted by Crippen LogP contribution is -2.49. The van der Waals surface area contributed by atoms with E-state index in [0.717, 1.165) is 17.2 Å². The van der Waals surface area contributed by atoms with Gasteiger partial charge in [0.05, 0.1) is 5.56 Å². The second-order valence-corrected chi connectivity index (χ2v) is 8.91. The molecule has 2 amide bonds. The Labute approximate surface area is 209 Å². The van der Waals surface area contributed by atoms with Crippen LogP contribution in [0.2, 0.25) is 0 Å². The average Bonchev–Trinajstić information content (AvgIpc) is 2.81. The van der Waals surface area contributed by atoms with E-state index in [0.29, 0.717) is 11.6 Å². The normalized spacial score (nSPS) is 12.7. The van der Waals surface area contributed by atoms with Crippen LogP contribution in [0.4, 0.5) is 27.6 Å². The zero-order chi connectivity index (χ0) is 27.4. The largest absolute Gasteiger partial charge is 0.435 e. The molecule has 2 heterocycles. The number of rotatable bonds is 7. The van der Waals surface area contributed by atoms with Gasteiger partial charge >= 0.3 is 12.8 Å². The summed E-state index contributed by atoms with van der Waals surface area (Å²) in [6.07, 6.45) is -1.13. The van der Waals surface area contributed by atoms with Crippen molar-refractivity contribution in [1.29, 1.82) is 0 Å². The lowest BCUT2D eigenvalue weighted by atomic mass is 10.0. The Morgan fingerprint density at radius 2 is 1.65 bits per heavy atom. The van der Waals surface area contributed by atoms with Crippen molar-refractivity contribution >= 4 is 17.5 Å². The molecule has 3 aromatic rings. The fourth-order valence-electron chi connectivity index (χ4n) is 3.39. The highest BCUT2D eigenvalue weighted by atomic mass is 19.4. The summed E-state index contributed by atoms with van der Waals surface area (Å²) in [4.78, 5) is 35.6. The second-order valence-electron chi connectivity index (χ2n) is 8.91. The van der Waals surface area contributed by atoms with Crippen LogP contribution in [0.15, 0.2) is 67.1 Å². The number of anilines is 1. The molecule has 1 aromatic carbocycles. The van der Waals surface area contributed by atoms with Crippen LogP contribution in [0.3, 0.4) is 0 Å². The Morgan fingerprint density at radius 3 is 2.14 bits per heavy atom. The SMILES string of the molecule is CC(C)(C)NC(=O)C(c1cccnc1)N(C(=O)c1ccc(C(F)(F)F)nc1)c1ccc(OC(F)F)cc1. The molecule has 0 saturated carbocycles. The van der Waals surface area contributed by atoms with Gasteiger partial charge in [0.15, 0.2) is 0 Å². The lowest BCUT2D eigenvalue weighted by Gasteiger charge is -2.33. The molecule has 196 valence electrons. The lowest BCUT2D eigenvalue weighted by molar-refractivity contribution is -0.141. The van der Waals surface area contributed by atoms with Gasteiger partial charge in [-0.2, -0.15) is 22.0 Å². The molecule has 37 heavy (non-hydrogen) atoms. The van der Waals surface area contributed by atoms with Gasteiger partial charge in [-0.15, -0.1) is 0 Å². The van der Waals surface area contributed by atoms with E-state index in [1.54, 1.807) is 32.9 Å². The summed E-state index contributed by atoms with van der Waals surface area (Å²) in [7, 11) is 0. The fourth-order valence-corrected chi connectivity index (χ4v) is 3.39. The maximum Gasteiger partial charge on any atom is 0.433 e. The molecule has 0 fully saturated rings. The molecular formula is C25H23F5N4O3. The van der Waals surface area contributed by atoms with E-state index in [9.17, 15) is 31.5 Å². The number of hydrogen-bond acceptors (Lipinski definition) is 5. The van der Waals surface area contributed by atoms with Gasteiger partial charge in [0.2, 0.25) is 5.91 Å². The fraction of sp³-hybridized carbons (Fsp3) is 0.280. The summed E-state index contributed by atoms with van der Waals surface area (Å²) >= 11 is 0. The van der Waals surface area contributed by atoms with Crippen LogP contribution >= 0.6 is 0 Å². The minimum absolute atomic E-state index is 0.0874. The summed E-state index contributed by atoms with van der Waals surface area (Å²) in [6, 6.07) is 8.28. The first-order valence-corrected chi connectivity index (χ1v) is 10.9. The Hall–Kier alpha value is -4.09. The van der Waals surface area contributed by atoms with E-state index >= 15 is 0 Å². The number of hydrogen-bond donors (Lipinski definition) is 1. The van der Waals surface area contributed by atoms with Crippen LogP contribution in [-0.2, 0) is 11.0 Å². The standard InChI is InChI=1S/C25H23F5N4O3/c1-24(2,3)33-21(35)20(15-5-4-12-31-13-15)34(17-7-9-18(10-8-17)37-23(26)27)22(36)16-6-11-19(32-14-16)25(28,29)30/h4-14,20,23H,1-3H3,(H,33,35). The van der Waals surface area contributed by atoms with Crippen LogP contribution in [0.25, 0.3) is 0 Å². The molecule has 2 aromatic heterocycles. The monoisotopic (exact) mass is 522 g/mol. The molecule has 0 radical (unpaired) electrons. The second kappa shape index (κ2) is 10.9. The van der Waals surface area contributed by atoms with Crippen LogP contribution in [-0.4, -0.2) is 33.9 Å². The minimum Gasteiger partial charge on any atom is -0.435 e. The average molecular weight is 522 g/mol. The van der Waals surface area contributed by atoms with Crippen LogP contribution in [0.1, 0.15) is 48.4 Å². The summed E-state index contributed by atoms with van der Waals surface area (Å²) < 4.78 is 68.6. The molecule has 12 heteroatoms. The third-order valence-corrected chi connectivity index (χ3v) is 4.86. The minimum atomic E-state index is -4.72. The molecule has 3 rings (SSSR count). The molecule has 7 nitrogen and oxygen atoms in total. The van der Waals surface area contributed by atoms with Crippen molar-refractivity contribution in [3.63, 3.8) is 0 Å². The molecule has 0 aliphatic rings. The van der Waals surface area contributed by atoms with Gasteiger partial charge in [0, 0.05) is 35.4 Å². The van der Waals surface area contributed by atoms with E-state index < -0.39 is 41.9 Å². The van der Waals surface area contributed by atoms with Crippen LogP contribution < -0.4 is 15.0 Å². The van der Waals surface area contributed by atoms with Crippen molar-refractivity contribution < 1.29 is 36.3 Å². The van der Waals surface area contributed by atoms with Gasteiger partial charge in [-0.3, -0.25) is 24.5 Å². The Bertz CT molecular complexity index is 1210. The third-order valence-electron chi connectivity index (χ3n) is 4.86. The van der Waals surface area contributed by atoms with E-state index in [1.165, 1.54) is 36.7 Å². The number of halogens is 5. The molecule has 1 atom stereocenters. The highest BCUT2D eigenvalue weighted by molar-refractivity contribution is 6.10. The van der Waals surface area contributed by atoms with Crippen molar-refractivity contribution in [2.24, 2.45) is 0 Å². The number of aromatic nitrogens is 2. The molecule has 0 saturated heterocycles. The van der Waals surface area contributed by atoms with Gasteiger partial charge in [0.25, 0.3) is 5.91 Å². The number of carbonyl (C=O) groups is 2. The zero-order valence-electron chi connectivity index (χ0n) is 20.0. The van der Waals surface area contributed by atoms with Gasteiger partial charge in [-0.05, 0) is 63.2 Å². The van der Waals surface area contributed by atoms with Gasteiger partial charge in [0.1, 0.15) is 17.5 Å². The van der Waals surface area contributed by atoms with Crippen molar-refractivity contribution in [1.82, 2.24) is 15.3 Å². The Kier molecular flexibility index (Phi) is 8.09. The number of alkyl halides is 5. The number of carbonyl (C=O) groups excluding carboxylic acids is 2. The molecule has 0 bridgehead atoms. The molecule has 0 aliphatic heterocycles. The maximum atomic E-state index is 13.7. The zero-order valence-corrected chi connectivity index (χ0v) is 20.0. The number of nitrogens with zero attached hydrogens (tertiary/aromatic N) is 3. The van der Waals surface area contributed by atoms with Crippen LogP contribution in [0, 0.1) is 0 Å². The highest BCUT2D eigenvalue weighted by Gasteiger charge is 2.36. The summed E-state index contributed by atoms with van der Waals surface area (Å²) in [5, 5.41) is 2.79. The predicted octanol–water partition coefficient (Wildman–Crippen LogP) is 5.40. The first-order chi connectivity index (χ1) is 17.3. The van der Waals surface area contributed by atoms with E-state index in [1.807, 2.05) is 0 Å². The maximum absolute atomic E-state index is 13.7. The molecule has 0 aliphatic carbocycles. The molecule has 1 unspecified atom stereocenters. The first-order valence-electron chi connectivity index (χ1n) is 10.9. The summed E-state index contributed by atoms with van der Waals surface area (Å²) in [5.41, 5.74) is -1.76. The van der Waals surface area contributed by atoms with Gasteiger partial charge in [-0.1, -0.05) is 6.07 Å². The summed E-state index contributed by atoms with van der Waals surface area (Å²) in [5.74, 6) is -1.66. The van der Waals surface area contributed by atoms with Crippen molar-refractivity contribution in [2.75, 3.05) is 4.90 Å². The number of pyridine rings is 2. The number of amides is 2. The van der Waals surface area contributed by atoms with Gasteiger partial charge in [-0.25, -0.2) is 0 Å². The first kappa shape index (κ1) is 27.5. The van der Waals surface area contributed by atoms with E-state index in [-0.39, 0.29) is 17.0 Å². The Morgan fingerprint density at radius 1 is 0.973 bits per heavy atom. The Balaban J connectivity index is 2.15. The van der Waals surface area contributed by atoms with Crippen LogP contribution in [0.5, 0.6) is 5.75 Å².